The molecule has 4 heteroatoms. The second kappa shape index (κ2) is 4.72. The van der Waals surface area contributed by atoms with Crippen molar-refractivity contribution in [1.29, 1.82) is 0 Å². The van der Waals surface area contributed by atoms with Gasteiger partial charge < -0.3 is 10.4 Å². The van der Waals surface area contributed by atoms with Crippen LogP contribution in [0, 0.1) is 0 Å². The summed E-state index contributed by atoms with van der Waals surface area (Å²) in [5.74, 6) is -0.703. The van der Waals surface area contributed by atoms with E-state index in [-0.39, 0.29) is 5.25 Å². The number of carbonyl (C=O) groups is 1. The molecule has 3 nitrogen and oxygen atoms in total. The van der Waals surface area contributed by atoms with Crippen molar-refractivity contribution in [1.82, 2.24) is 5.32 Å². The van der Waals surface area contributed by atoms with Gasteiger partial charge in [0.15, 0.2) is 0 Å². The first-order valence-electron chi connectivity index (χ1n) is 4.29. The van der Waals surface area contributed by atoms with Crippen molar-refractivity contribution < 1.29 is 9.90 Å². The first kappa shape index (κ1) is 9.86. The van der Waals surface area contributed by atoms with Crippen molar-refractivity contribution >= 4 is 17.7 Å². The van der Waals surface area contributed by atoms with Crippen molar-refractivity contribution in [3.63, 3.8) is 0 Å². The zero-order valence-electron chi connectivity index (χ0n) is 7.25. The van der Waals surface area contributed by atoms with Gasteiger partial charge in [0, 0.05) is 11.8 Å². The number of hydrogen-bond donors (Lipinski definition) is 2. The molecule has 0 aromatic rings. The van der Waals surface area contributed by atoms with Gasteiger partial charge in [0.2, 0.25) is 0 Å². The van der Waals surface area contributed by atoms with Crippen molar-refractivity contribution in [3.05, 3.63) is 0 Å². The Morgan fingerprint density at radius 2 is 2.50 bits per heavy atom. The van der Waals surface area contributed by atoms with Gasteiger partial charge in [-0.05, 0) is 26.3 Å². The number of carboxylic acid groups (broad SMARTS) is 1. The third kappa shape index (κ3) is 3.03. The van der Waals surface area contributed by atoms with E-state index in [0.717, 1.165) is 19.5 Å². The Morgan fingerprint density at radius 3 is 3.00 bits per heavy atom. The number of nitrogens with one attached hydrogen (secondary N) is 1. The molecule has 1 heterocycles. The van der Waals surface area contributed by atoms with Gasteiger partial charge in [-0.25, -0.2) is 0 Å². The van der Waals surface area contributed by atoms with Crippen LogP contribution in [-0.2, 0) is 4.79 Å². The lowest BCUT2D eigenvalue weighted by Gasteiger charge is -2.23. The molecule has 0 saturated carbocycles. The average Bonchev–Trinajstić information content (AvgIpc) is 2.06. The maximum Gasteiger partial charge on any atom is 0.316 e. The highest BCUT2D eigenvalue weighted by Crippen LogP contribution is 2.22. The van der Waals surface area contributed by atoms with E-state index < -0.39 is 5.97 Å². The second-order valence-electron chi connectivity index (χ2n) is 3.08. The fourth-order valence-electron chi connectivity index (χ4n) is 1.28. The molecule has 0 radical (unpaired) electrons. The van der Waals surface area contributed by atoms with Crippen LogP contribution in [0.2, 0.25) is 0 Å². The highest BCUT2D eigenvalue weighted by Gasteiger charge is 2.20. The molecule has 0 amide bonds. The van der Waals surface area contributed by atoms with E-state index in [2.05, 4.69) is 5.32 Å². The van der Waals surface area contributed by atoms with Gasteiger partial charge in [-0.1, -0.05) is 0 Å². The van der Waals surface area contributed by atoms with Gasteiger partial charge in [-0.15, -0.1) is 11.8 Å². The molecule has 0 spiro atoms. The summed E-state index contributed by atoms with van der Waals surface area (Å²) in [4.78, 5) is 10.5. The first-order valence-corrected chi connectivity index (χ1v) is 5.23. The van der Waals surface area contributed by atoms with Crippen LogP contribution in [0.25, 0.3) is 0 Å². The smallest absolute Gasteiger partial charge is 0.316 e. The van der Waals surface area contributed by atoms with Gasteiger partial charge in [-0.2, -0.15) is 0 Å². The zero-order chi connectivity index (χ0) is 8.97. The van der Waals surface area contributed by atoms with E-state index in [1.54, 1.807) is 18.7 Å². The largest absolute Gasteiger partial charge is 0.480 e. The van der Waals surface area contributed by atoms with Gasteiger partial charge in [0.1, 0.15) is 0 Å². The number of carboxylic acids is 1. The summed E-state index contributed by atoms with van der Waals surface area (Å²) in [6, 6.07) is 0. The van der Waals surface area contributed by atoms with Crippen LogP contribution in [0.1, 0.15) is 19.8 Å². The van der Waals surface area contributed by atoms with E-state index in [1.165, 1.54) is 6.42 Å². The van der Waals surface area contributed by atoms with Crippen LogP contribution in [0.5, 0.6) is 0 Å². The van der Waals surface area contributed by atoms with Crippen LogP contribution < -0.4 is 5.32 Å². The highest BCUT2D eigenvalue weighted by atomic mass is 32.2. The fourth-order valence-corrected chi connectivity index (χ4v) is 2.49. The topological polar surface area (TPSA) is 49.3 Å². The lowest BCUT2D eigenvalue weighted by Crippen LogP contribution is -2.33. The molecule has 1 saturated heterocycles. The van der Waals surface area contributed by atoms with E-state index >= 15 is 0 Å². The Balaban J connectivity index is 2.24. The predicted molar refractivity (Wildman–Crippen MR) is 50.6 cm³/mol. The number of thioether (sulfide) groups is 1. The van der Waals surface area contributed by atoms with E-state index in [9.17, 15) is 4.79 Å². The molecule has 12 heavy (non-hydrogen) atoms. The van der Waals surface area contributed by atoms with Crippen molar-refractivity contribution in [2.75, 3.05) is 13.1 Å². The number of aliphatic carboxylic acids is 1. The molecule has 1 rings (SSSR count). The standard InChI is InChI=1S/C8H15NO2S/c1-6(8(10)11)12-7-3-2-4-9-5-7/h6-7,9H,2-5H2,1H3,(H,10,11). The number of hydrogen-bond acceptors (Lipinski definition) is 3. The molecule has 2 atom stereocenters. The van der Waals surface area contributed by atoms with Crippen molar-refractivity contribution in [2.24, 2.45) is 0 Å². The molecule has 0 aromatic heterocycles. The van der Waals surface area contributed by atoms with Crippen LogP contribution in [0.4, 0.5) is 0 Å². The van der Waals surface area contributed by atoms with Crippen LogP contribution in [0.15, 0.2) is 0 Å². The summed E-state index contributed by atoms with van der Waals surface area (Å²) in [7, 11) is 0. The average molecular weight is 189 g/mol. The normalized spacial score (nSPS) is 26.6. The maximum absolute atomic E-state index is 10.5. The Hall–Kier alpha value is -0.220. The minimum Gasteiger partial charge on any atom is -0.480 e. The zero-order valence-corrected chi connectivity index (χ0v) is 8.06. The number of rotatable bonds is 3. The molecule has 70 valence electrons. The van der Waals surface area contributed by atoms with Crippen molar-refractivity contribution in [2.45, 2.75) is 30.3 Å². The predicted octanol–water partition coefficient (Wildman–Crippen LogP) is 0.945. The van der Waals surface area contributed by atoms with Crippen molar-refractivity contribution in [3.8, 4) is 0 Å². The molecule has 1 aliphatic heterocycles. The summed E-state index contributed by atoms with van der Waals surface area (Å²) in [6.45, 7) is 3.79. The molecule has 1 aliphatic rings. The molecule has 0 aliphatic carbocycles. The lowest BCUT2D eigenvalue weighted by atomic mass is 10.2. The van der Waals surface area contributed by atoms with Gasteiger partial charge in [-0.3, -0.25) is 4.79 Å². The Labute approximate surface area is 76.9 Å². The Bertz CT molecular complexity index is 157. The summed E-state index contributed by atoms with van der Waals surface area (Å²) >= 11 is 1.57. The van der Waals surface area contributed by atoms with Crippen LogP contribution >= 0.6 is 11.8 Å². The van der Waals surface area contributed by atoms with Gasteiger partial charge >= 0.3 is 5.97 Å². The minimum atomic E-state index is -0.703. The summed E-state index contributed by atoms with van der Waals surface area (Å²) < 4.78 is 0. The van der Waals surface area contributed by atoms with E-state index in [4.69, 9.17) is 5.11 Å². The minimum absolute atomic E-state index is 0.269. The third-order valence-corrected chi connectivity index (χ3v) is 3.39. The second-order valence-corrected chi connectivity index (χ2v) is 4.73. The van der Waals surface area contributed by atoms with Gasteiger partial charge in [0.25, 0.3) is 0 Å². The molecular formula is C8H15NO2S. The molecule has 2 unspecified atom stereocenters. The van der Waals surface area contributed by atoms with Gasteiger partial charge in [0.05, 0.1) is 5.25 Å². The molecule has 1 fully saturated rings. The molecule has 0 aromatic carbocycles. The molecular weight excluding hydrogens is 174 g/mol. The molecule has 2 N–H and O–H groups in total. The molecule has 0 bridgehead atoms. The monoisotopic (exact) mass is 189 g/mol. The summed E-state index contributed by atoms with van der Waals surface area (Å²) in [5, 5.41) is 12.2. The fraction of sp³-hybridized carbons (Fsp3) is 0.875. The Kier molecular flexibility index (Phi) is 3.88. The van der Waals surface area contributed by atoms with E-state index in [0.29, 0.717) is 5.25 Å². The highest BCUT2D eigenvalue weighted by molar-refractivity contribution is 8.01. The summed E-state index contributed by atoms with van der Waals surface area (Å²) in [6.07, 6.45) is 2.32. The first-order chi connectivity index (χ1) is 5.70. The lowest BCUT2D eigenvalue weighted by molar-refractivity contribution is -0.136. The van der Waals surface area contributed by atoms with E-state index in [1.807, 2.05) is 0 Å². The quantitative estimate of drug-likeness (QED) is 0.694. The summed E-state index contributed by atoms with van der Waals surface area (Å²) in [5.41, 5.74) is 0. The number of piperidine rings is 1. The maximum atomic E-state index is 10.5. The van der Waals surface area contributed by atoms with Crippen LogP contribution in [-0.4, -0.2) is 34.7 Å². The Morgan fingerprint density at radius 1 is 1.75 bits per heavy atom. The third-order valence-electron chi connectivity index (χ3n) is 2.00. The SMILES string of the molecule is CC(SC1CCCNC1)C(=O)O. The van der Waals surface area contributed by atoms with Crippen LogP contribution in [0.3, 0.4) is 0 Å².